The van der Waals surface area contributed by atoms with Crippen LogP contribution in [0, 0.1) is 0 Å². The summed E-state index contributed by atoms with van der Waals surface area (Å²) < 4.78 is 2.04. The second-order valence-corrected chi connectivity index (χ2v) is 7.62. The lowest BCUT2D eigenvalue weighted by atomic mass is 10.1. The highest BCUT2D eigenvalue weighted by molar-refractivity contribution is 5.42. The molecule has 25 heavy (non-hydrogen) atoms. The summed E-state index contributed by atoms with van der Waals surface area (Å²) >= 11 is 0. The van der Waals surface area contributed by atoms with Crippen molar-refractivity contribution in [3.8, 4) is 5.69 Å². The third-order valence-corrected chi connectivity index (χ3v) is 5.89. The number of piperazine rings is 1. The van der Waals surface area contributed by atoms with E-state index in [-0.39, 0.29) is 0 Å². The summed E-state index contributed by atoms with van der Waals surface area (Å²) in [4.78, 5) is 9.56. The van der Waals surface area contributed by atoms with Crippen molar-refractivity contribution < 1.29 is 0 Å². The maximum Gasteiger partial charge on any atom is 0.138 e. The van der Waals surface area contributed by atoms with Crippen molar-refractivity contribution in [2.45, 2.75) is 45.1 Å². The Hall–Kier alpha value is -1.72. The lowest BCUT2D eigenvalue weighted by molar-refractivity contribution is 0.114. The summed E-state index contributed by atoms with van der Waals surface area (Å²) in [5.41, 5.74) is 4.17. The average Bonchev–Trinajstić information content (AvgIpc) is 3.28. The Labute approximate surface area is 150 Å². The van der Waals surface area contributed by atoms with Gasteiger partial charge in [-0.05, 0) is 62.9 Å². The minimum atomic E-state index is 0.596. The summed E-state index contributed by atoms with van der Waals surface area (Å²) in [5.74, 6) is 1.08. The fourth-order valence-electron chi connectivity index (χ4n) is 4.12. The Balaban J connectivity index is 1.42. The fraction of sp³-hybridized carbons (Fsp3) is 0.600. The van der Waals surface area contributed by atoms with Crippen LogP contribution in [0.3, 0.4) is 0 Å². The van der Waals surface area contributed by atoms with E-state index in [1.54, 1.807) is 6.33 Å². The van der Waals surface area contributed by atoms with E-state index in [2.05, 4.69) is 52.1 Å². The smallest absolute Gasteiger partial charge is 0.138 e. The number of aromatic nitrogens is 3. The van der Waals surface area contributed by atoms with Crippen molar-refractivity contribution in [2.75, 3.05) is 33.2 Å². The van der Waals surface area contributed by atoms with Crippen LogP contribution in [0.4, 0.5) is 0 Å². The van der Waals surface area contributed by atoms with Crippen molar-refractivity contribution in [3.05, 3.63) is 41.5 Å². The molecule has 5 nitrogen and oxygen atoms in total. The Bertz CT molecular complexity index is 715. The summed E-state index contributed by atoms with van der Waals surface area (Å²) in [6.45, 7) is 7.05. The molecule has 0 bridgehead atoms. The zero-order valence-electron chi connectivity index (χ0n) is 15.5. The Morgan fingerprint density at radius 2 is 1.88 bits per heavy atom. The molecule has 0 saturated carbocycles. The summed E-state index contributed by atoms with van der Waals surface area (Å²) in [6, 6.07) is 7.38. The largest absolute Gasteiger partial charge is 0.304 e. The summed E-state index contributed by atoms with van der Waals surface area (Å²) in [6.07, 6.45) is 7.52. The highest BCUT2D eigenvalue weighted by Crippen LogP contribution is 2.24. The third-order valence-electron chi connectivity index (χ3n) is 5.89. The molecule has 1 aliphatic heterocycles. The SMILES string of the molecule is C[C@H](CCc1ncnn1-c1ccc2c(c1)CCC2)N1CCN(C)CC1. The topological polar surface area (TPSA) is 37.2 Å². The molecule has 1 atom stereocenters. The van der Waals surface area contributed by atoms with Gasteiger partial charge in [0.05, 0.1) is 5.69 Å². The van der Waals surface area contributed by atoms with Gasteiger partial charge in [0, 0.05) is 38.6 Å². The second-order valence-electron chi connectivity index (χ2n) is 7.62. The van der Waals surface area contributed by atoms with Crippen LogP contribution < -0.4 is 0 Å². The Kier molecular flexibility index (Phi) is 4.86. The molecule has 1 aromatic carbocycles. The number of rotatable bonds is 5. The number of likely N-dealkylation sites (N-methyl/N-ethyl adjacent to an activating group) is 1. The van der Waals surface area contributed by atoms with E-state index in [0.29, 0.717) is 6.04 Å². The van der Waals surface area contributed by atoms with E-state index in [1.165, 1.54) is 62.3 Å². The highest BCUT2D eigenvalue weighted by Gasteiger charge is 2.20. The molecule has 5 heteroatoms. The quantitative estimate of drug-likeness (QED) is 0.838. The van der Waals surface area contributed by atoms with Crippen molar-refractivity contribution >= 4 is 0 Å². The van der Waals surface area contributed by atoms with Gasteiger partial charge in [-0.15, -0.1) is 0 Å². The lowest BCUT2D eigenvalue weighted by Crippen LogP contribution is -2.48. The predicted molar refractivity (Wildman–Crippen MR) is 100 cm³/mol. The average molecular weight is 339 g/mol. The standard InChI is InChI=1S/C20H29N5/c1-16(24-12-10-23(2)11-13-24)6-9-20-21-15-22-25(20)19-8-7-17-4-3-5-18(17)14-19/h7-8,14-16H,3-6,9-13H2,1-2H3/t16-/m1/s1. The van der Waals surface area contributed by atoms with Gasteiger partial charge in [-0.2, -0.15) is 5.10 Å². The number of nitrogens with zero attached hydrogens (tertiary/aromatic N) is 5. The summed E-state index contributed by atoms with van der Waals surface area (Å²) in [5, 5.41) is 4.50. The van der Waals surface area contributed by atoms with E-state index in [0.717, 1.165) is 18.7 Å². The molecule has 0 radical (unpaired) electrons. The molecule has 1 fully saturated rings. The van der Waals surface area contributed by atoms with Gasteiger partial charge in [-0.1, -0.05) is 6.07 Å². The van der Waals surface area contributed by atoms with Crippen LogP contribution in [0.1, 0.15) is 36.7 Å². The molecule has 134 valence electrons. The van der Waals surface area contributed by atoms with Crippen LogP contribution in [0.5, 0.6) is 0 Å². The molecule has 1 saturated heterocycles. The monoisotopic (exact) mass is 339 g/mol. The van der Waals surface area contributed by atoms with E-state index in [1.807, 2.05) is 4.68 Å². The molecular formula is C20H29N5. The molecular weight excluding hydrogens is 310 g/mol. The number of benzene rings is 1. The van der Waals surface area contributed by atoms with Gasteiger partial charge in [0.25, 0.3) is 0 Å². The molecule has 2 aromatic rings. The van der Waals surface area contributed by atoms with Crippen LogP contribution in [0.25, 0.3) is 5.69 Å². The van der Waals surface area contributed by atoms with Crippen LogP contribution in [0.2, 0.25) is 0 Å². The Morgan fingerprint density at radius 1 is 1.08 bits per heavy atom. The van der Waals surface area contributed by atoms with Crippen molar-refractivity contribution in [1.82, 2.24) is 24.6 Å². The van der Waals surface area contributed by atoms with E-state index in [9.17, 15) is 0 Å². The van der Waals surface area contributed by atoms with E-state index < -0.39 is 0 Å². The third kappa shape index (κ3) is 3.62. The first kappa shape index (κ1) is 16.7. The first-order valence-electron chi connectivity index (χ1n) is 9.64. The zero-order chi connectivity index (χ0) is 17.2. The molecule has 0 spiro atoms. The van der Waals surface area contributed by atoms with Crippen LogP contribution in [-0.4, -0.2) is 63.8 Å². The Morgan fingerprint density at radius 3 is 2.72 bits per heavy atom. The van der Waals surface area contributed by atoms with Crippen molar-refractivity contribution in [3.63, 3.8) is 0 Å². The molecule has 2 heterocycles. The molecule has 4 rings (SSSR count). The highest BCUT2D eigenvalue weighted by atomic mass is 15.3. The molecule has 1 aromatic heterocycles. The normalized spacial score (nSPS) is 19.9. The van der Waals surface area contributed by atoms with Crippen LogP contribution in [0.15, 0.2) is 24.5 Å². The number of hydrogen-bond acceptors (Lipinski definition) is 4. The maximum atomic E-state index is 4.54. The minimum absolute atomic E-state index is 0.596. The minimum Gasteiger partial charge on any atom is -0.304 e. The maximum absolute atomic E-state index is 4.54. The number of aryl methyl sites for hydroxylation is 3. The number of fused-ring (bicyclic) bond motifs is 1. The van der Waals surface area contributed by atoms with Gasteiger partial charge < -0.3 is 4.90 Å². The lowest BCUT2D eigenvalue weighted by Gasteiger charge is -2.36. The van der Waals surface area contributed by atoms with Crippen LogP contribution >= 0.6 is 0 Å². The predicted octanol–water partition coefficient (Wildman–Crippen LogP) is 2.32. The van der Waals surface area contributed by atoms with E-state index in [4.69, 9.17) is 0 Å². The van der Waals surface area contributed by atoms with Gasteiger partial charge in [0.1, 0.15) is 12.2 Å². The van der Waals surface area contributed by atoms with Gasteiger partial charge in [0.15, 0.2) is 0 Å². The van der Waals surface area contributed by atoms with Gasteiger partial charge in [0.2, 0.25) is 0 Å². The summed E-state index contributed by atoms with van der Waals surface area (Å²) in [7, 11) is 2.21. The molecule has 0 unspecified atom stereocenters. The van der Waals surface area contributed by atoms with Crippen molar-refractivity contribution in [2.24, 2.45) is 0 Å². The second kappa shape index (κ2) is 7.26. The van der Waals surface area contributed by atoms with Gasteiger partial charge >= 0.3 is 0 Å². The van der Waals surface area contributed by atoms with E-state index >= 15 is 0 Å². The zero-order valence-corrected chi connectivity index (χ0v) is 15.5. The van der Waals surface area contributed by atoms with Crippen LogP contribution in [-0.2, 0) is 19.3 Å². The molecule has 0 N–H and O–H groups in total. The number of hydrogen-bond donors (Lipinski definition) is 0. The van der Waals surface area contributed by atoms with Gasteiger partial charge in [-0.25, -0.2) is 9.67 Å². The fourth-order valence-corrected chi connectivity index (χ4v) is 4.12. The van der Waals surface area contributed by atoms with Crippen molar-refractivity contribution in [1.29, 1.82) is 0 Å². The molecule has 0 amide bonds. The molecule has 1 aliphatic carbocycles. The first-order chi connectivity index (χ1) is 12.2. The van der Waals surface area contributed by atoms with Gasteiger partial charge in [-0.3, -0.25) is 4.90 Å². The molecule has 2 aliphatic rings. The first-order valence-corrected chi connectivity index (χ1v) is 9.64.